The van der Waals surface area contributed by atoms with Crippen LogP contribution >= 0.6 is 0 Å². The summed E-state index contributed by atoms with van der Waals surface area (Å²) in [6, 6.07) is 5.05. The molecule has 2 aliphatic rings. The smallest absolute Gasteiger partial charge is 0.197 e. The maximum absolute atomic E-state index is 13.4. The van der Waals surface area contributed by atoms with Gasteiger partial charge in [0.25, 0.3) is 0 Å². The summed E-state index contributed by atoms with van der Waals surface area (Å²) < 4.78 is 22.0. The maximum atomic E-state index is 13.4. The minimum atomic E-state index is -1.87. The molecular weight excluding hydrogens is 536 g/mol. The summed E-state index contributed by atoms with van der Waals surface area (Å²) in [4.78, 5) is 13.4. The molecule has 40 heavy (non-hydrogen) atoms. The molecule has 0 unspecified atom stereocenters. The summed E-state index contributed by atoms with van der Waals surface area (Å²) in [5.41, 5.74) is -2.07. The highest BCUT2D eigenvalue weighted by molar-refractivity contribution is 5.92. The van der Waals surface area contributed by atoms with Gasteiger partial charge in [-0.15, -0.1) is 0 Å². The van der Waals surface area contributed by atoms with Gasteiger partial charge in [0.2, 0.25) is 0 Å². The van der Waals surface area contributed by atoms with Crippen LogP contribution in [0, 0.1) is 0 Å². The molecule has 14 heteroatoms. The van der Waals surface area contributed by atoms with Crippen LogP contribution in [0.3, 0.4) is 0 Å². The number of methoxy groups -OCH3 is 1. The first kappa shape index (κ1) is 28.1. The van der Waals surface area contributed by atoms with E-state index in [-0.39, 0.29) is 22.8 Å². The Bertz CT molecular complexity index is 1480. The van der Waals surface area contributed by atoms with Crippen molar-refractivity contribution in [2.45, 2.75) is 48.8 Å². The first-order valence-corrected chi connectivity index (χ1v) is 12.2. The lowest BCUT2D eigenvalue weighted by molar-refractivity contribution is -0.191. The van der Waals surface area contributed by atoms with Crippen molar-refractivity contribution in [1.82, 2.24) is 0 Å². The van der Waals surface area contributed by atoms with E-state index in [0.717, 1.165) is 6.07 Å². The molecule has 2 aliphatic heterocycles. The summed E-state index contributed by atoms with van der Waals surface area (Å²) in [6.45, 7) is -0.995. The van der Waals surface area contributed by atoms with Crippen LogP contribution in [0.1, 0.15) is 23.3 Å². The van der Waals surface area contributed by atoms with Gasteiger partial charge in [-0.2, -0.15) is 0 Å². The van der Waals surface area contributed by atoms with E-state index >= 15 is 0 Å². The number of fused-ring (bicyclic) bond motifs is 1. The number of phenols is 3. The first-order valence-electron chi connectivity index (χ1n) is 12.2. The van der Waals surface area contributed by atoms with E-state index in [1.165, 1.54) is 25.3 Å². The van der Waals surface area contributed by atoms with Gasteiger partial charge in [-0.05, 0) is 18.2 Å². The Balaban J connectivity index is 1.80. The Labute approximate surface area is 225 Å². The summed E-state index contributed by atoms with van der Waals surface area (Å²) in [6.07, 6.45) is -13.5. The van der Waals surface area contributed by atoms with Gasteiger partial charge in [0.1, 0.15) is 71.5 Å². The molecular formula is C26H28O14. The van der Waals surface area contributed by atoms with Gasteiger partial charge < -0.3 is 64.6 Å². The van der Waals surface area contributed by atoms with E-state index in [4.69, 9.17) is 18.6 Å². The Kier molecular flexibility index (Phi) is 7.37. The van der Waals surface area contributed by atoms with Gasteiger partial charge in [-0.1, -0.05) is 0 Å². The molecule has 5 rings (SSSR count). The number of aliphatic hydroxyl groups excluding tert-OH is 6. The van der Waals surface area contributed by atoms with E-state index in [2.05, 4.69) is 0 Å². The predicted molar refractivity (Wildman–Crippen MR) is 133 cm³/mol. The average molecular weight is 564 g/mol. The van der Waals surface area contributed by atoms with Crippen molar-refractivity contribution in [1.29, 1.82) is 0 Å². The van der Waals surface area contributed by atoms with Crippen LogP contribution in [0.25, 0.3) is 22.3 Å². The minimum absolute atomic E-state index is 0.0498. The van der Waals surface area contributed by atoms with Crippen LogP contribution in [0.5, 0.6) is 23.0 Å². The van der Waals surface area contributed by atoms with Crippen molar-refractivity contribution in [3.63, 3.8) is 0 Å². The summed E-state index contributed by atoms with van der Waals surface area (Å²) in [5, 5.41) is 93.8. The molecule has 0 amide bonds. The molecule has 3 aromatic rings. The van der Waals surface area contributed by atoms with Crippen molar-refractivity contribution >= 4 is 11.0 Å². The van der Waals surface area contributed by atoms with Crippen LogP contribution in [-0.2, 0) is 9.47 Å². The molecule has 14 nitrogen and oxygen atoms in total. The first-order chi connectivity index (χ1) is 19.0. The highest BCUT2D eigenvalue weighted by Gasteiger charge is 2.46. The Morgan fingerprint density at radius 1 is 0.775 bits per heavy atom. The molecule has 2 saturated heterocycles. The predicted octanol–water partition coefficient (Wildman–Crippen LogP) is -1.11. The molecule has 0 aliphatic carbocycles. The van der Waals surface area contributed by atoms with Crippen LogP contribution < -0.4 is 10.2 Å². The summed E-state index contributed by atoms with van der Waals surface area (Å²) >= 11 is 0. The van der Waals surface area contributed by atoms with Gasteiger partial charge >= 0.3 is 0 Å². The van der Waals surface area contributed by atoms with Gasteiger partial charge in [0.15, 0.2) is 22.5 Å². The third-order valence-corrected chi connectivity index (χ3v) is 7.23. The van der Waals surface area contributed by atoms with Crippen molar-refractivity contribution in [2.75, 3.05) is 20.3 Å². The monoisotopic (exact) mass is 564 g/mol. The van der Waals surface area contributed by atoms with Gasteiger partial charge in [-0.3, -0.25) is 4.79 Å². The SMILES string of the molecule is COc1cc(-c2cc(=O)c3c(O)c([C@@H]4OC[C@@H](O)[C@H](O)[C@H]4O)c(O)c([C@@H]4OC[C@@H](O)[C@H](O)[C@H]4O)c3o2)ccc1O. The third-order valence-electron chi connectivity index (χ3n) is 7.23. The van der Waals surface area contributed by atoms with E-state index < -0.39 is 101 Å². The molecule has 3 heterocycles. The molecule has 1 aromatic heterocycles. The molecule has 2 aromatic carbocycles. The van der Waals surface area contributed by atoms with Crippen LogP contribution in [0.15, 0.2) is 33.5 Å². The lowest BCUT2D eigenvalue weighted by Gasteiger charge is -2.38. The number of ether oxygens (including phenoxy) is 3. The van der Waals surface area contributed by atoms with E-state index in [1.54, 1.807) is 0 Å². The number of phenolic OH excluding ortho intramolecular Hbond substituents is 3. The number of rotatable bonds is 4. The molecule has 8 atom stereocenters. The van der Waals surface area contributed by atoms with E-state index in [0.29, 0.717) is 0 Å². The topological polar surface area (TPSA) is 240 Å². The number of aliphatic hydroxyl groups is 6. The van der Waals surface area contributed by atoms with Crippen molar-refractivity contribution in [3.8, 4) is 34.3 Å². The van der Waals surface area contributed by atoms with Crippen molar-refractivity contribution < 1.29 is 64.6 Å². The second-order valence-corrected chi connectivity index (χ2v) is 9.70. The fraction of sp³-hybridized carbons (Fsp3) is 0.423. The maximum Gasteiger partial charge on any atom is 0.197 e. The fourth-order valence-electron chi connectivity index (χ4n) is 5.03. The fourth-order valence-corrected chi connectivity index (χ4v) is 5.03. The lowest BCUT2D eigenvalue weighted by Crippen LogP contribution is -2.49. The number of benzene rings is 2. The van der Waals surface area contributed by atoms with Gasteiger partial charge in [-0.25, -0.2) is 0 Å². The normalized spacial score (nSPS) is 30.9. The van der Waals surface area contributed by atoms with Crippen LogP contribution in [-0.4, -0.2) is 103 Å². The molecule has 216 valence electrons. The standard InChI is InChI=1S/C26H28O14/c1-37-14-4-8(2-3-9(14)27)13-5-10(28)15-20(33)16(25-22(35)18(31)11(29)6-38-25)21(34)17(24(15)40-13)26-23(36)19(32)12(30)7-39-26/h2-5,11-12,18-19,22-23,25-27,29-36H,6-7H2,1H3/t11-,12-,18+,19+,22-,23-,25+,26+/m1/s1. The second kappa shape index (κ2) is 10.5. The molecule has 0 radical (unpaired) electrons. The zero-order valence-corrected chi connectivity index (χ0v) is 20.9. The lowest BCUT2D eigenvalue weighted by atomic mass is 9.87. The second-order valence-electron chi connectivity index (χ2n) is 9.70. The van der Waals surface area contributed by atoms with Crippen molar-refractivity contribution in [2.24, 2.45) is 0 Å². The number of hydrogen-bond acceptors (Lipinski definition) is 14. The van der Waals surface area contributed by atoms with Gasteiger partial charge in [0.05, 0.1) is 31.5 Å². The van der Waals surface area contributed by atoms with Gasteiger partial charge in [0, 0.05) is 11.6 Å². The zero-order valence-electron chi connectivity index (χ0n) is 20.9. The summed E-state index contributed by atoms with van der Waals surface area (Å²) in [7, 11) is 1.31. The molecule has 0 saturated carbocycles. The largest absolute Gasteiger partial charge is 0.507 e. The van der Waals surface area contributed by atoms with Crippen LogP contribution in [0.2, 0.25) is 0 Å². The molecule has 2 fully saturated rings. The molecule has 0 bridgehead atoms. The summed E-state index contributed by atoms with van der Waals surface area (Å²) in [5.74, 6) is -2.00. The highest BCUT2D eigenvalue weighted by atomic mass is 16.5. The Morgan fingerprint density at radius 2 is 1.35 bits per heavy atom. The highest BCUT2D eigenvalue weighted by Crippen LogP contribution is 2.50. The third kappa shape index (κ3) is 4.44. The van der Waals surface area contributed by atoms with E-state index in [9.17, 15) is 50.8 Å². The van der Waals surface area contributed by atoms with Crippen molar-refractivity contribution in [3.05, 3.63) is 45.6 Å². The average Bonchev–Trinajstić information content (AvgIpc) is 2.92. The Morgan fingerprint density at radius 3 is 1.93 bits per heavy atom. The quantitative estimate of drug-likeness (QED) is 0.183. The zero-order chi connectivity index (χ0) is 29.0. The number of hydrogen-bond donors (Lipinski definition) is 9. The van der Waals surface area contributed by atoms with E-state index in [1.807, 2.05) is 0 Å². The van der Waals surface area contributed by atoms with Crippen LogP contribution in [0.4, 0.5) is 0 Å². The number of aromatic hydroxyl groups is 3. The molecule has 9 N–H and O–H groups in total. The minimum Gasteiger partial charge on any atom is -0.507 e. The Hall–Kier alpha value is -3.47. The molecule has 0 spiro atoms.